The maximum atomic E-state index is 12.6. The first kappa shape index (κ1) is 13.1. The lowest BCUT2D eigenvalue weighted by Gasteiger charge is -2.10. The second kappa shape index (κ2) is 5.39. The summed E-state index contributed by atoms with van der Waals surface area (Å²) >= 11 is 5.63. The van der Waals surface area contributed by atoms with E-state index < -0.39 is 11.7 Å². The fraction of sp³-hybridized carbons (Fsp3) is 0.333. The van der Waals surface area contributed by atoms with E-state index in [2.05, 4.69) is 0 Å². The van der Waals surface area contributed by atoms with E-state index in [1.165, 1.54) is 18.2 Å². The summed E-state index contributed by atoms with van der Waals surface area (Å²) in [5.41, 5.74) is 0.344. The standard InChI is InChI=1S/C12H12ClF3/c1-2-9(8-13)7-10-5-3-4-6-11(10)12(14,15)16/h3-7H,2,8H2,1H3. The zero-order valence-corrected chi connectivity index (χ0v) is 9.57. The summed E-state index contributed by atoms with van der Waals surface area (Å²) in [6.45, 7) is 1.87. The maximum absolute atomic E-state index is 12.6. The summed E-state index contributed by atoms with van der Waals surface area (Å²) in [5, 5.41) is 0. The van der Waals surface area contributed by atoms with E-state index in [0.29, 0.717) is 6.42 Å². The van der Waals surface area contributed by atoms with E-state index >= 15 is 0 Å². The van der Waals surface area contributed by atoms with Gasteiger partial charge in [-0.05, 0) is 18.1 Å². The van der Waals surface area contributed by atoms with E-state index in [4.69, 9.17) is 11.6 Å². The first-order valence-corrected chi connectivity index (χ1v) is 5.44. The highest BCUT2D eigenvalue weighted by Crippen LogP contribution is 2.33. The van der Waals surface area contributed by atoms with E-state index in [0.717, 1.165) is 11.6 Å². The zero-order valence-electron chi connectivity index (χ0n) is 8.81. The summed E-state index contributed by atoms with van der Waals surface area (Å²) in [4.78, 5) is 0. The molecular weight excluding hydrogens is 237 g/mol. The molecule has 0 unspecified atom stereocenters. The number of allylic oxidation sites excluding steroid dienone is 1. The monoisotopic (exact) mass is 248 g/mol. The van der Waals surface area contributed by atoms with E-state index in [9.17, 15) is 13.2 Å². The van der Waals surface area contributed by atoms with E-state index in [1.807, 2.05) is 6.92 Å². The molecule has 0 aliphatic rings. The average molecular weight is 249 g/mol. The van der Waals surface area contributed by atoms with Gasteiger partial charge < -0.3 is 0 Å². The van der Waals surface area contributed by atoms with Gasteiger partial charge in [-0.3, -0.25) is 0 Å². The molecule has 0 atom stereocenters. The second-order valence-corrected chi connectivity index (χ2v) is 3.64. The van der Waals surface area contributed by atoms with Crippen molar-refractivity contribution in [2.24, 2.45) is 0 Å². The number of halogens is 4. The van der Waals surface area contributed by atoms with Crippen LogP contribution in [0.25, 0.3) is 6.08 Å². The Morgan fingerprint density at radius 2 is 1.94 bits per heavy atom. The number of hydrogen-bond donors (Lipinski definition) is 0. The van der Waals surface area contributed by atoms with Crippen molar-refractivity contribution in [2.45, 2.75) is 19.5 Å². The van der Waals surface area contributed by atoms with Crippen LogP contribution in [-0.4, -0.2) is 5.88 Å². The number of benzene rings is 1. The Hall–Kier alpha value is -0.960. The van der Waals surface area contributed by atoms with Gasteiger partial charge in [-0.1, -0.05) is 36.8 Å². The first-order valence-electron chi connectivity index (χ1n) is 4.90. The van der Waals surface area contributed by atoms with Crippen LogP contribution in [0.4, 0.5) is 13.2 Å². The van der Waals surface area contributed by atoms with Crippen LogP contribution in [0.5, 0.6) is 0 Å². The van der Waals surface area contributed by atoms with Crippen LogP contribution in [-0.2, 0) is 6.18 Å². The molecule has 0 heterocycles. The molecule has 4 heteroatoms. The lowest BCUT2D eigenvalue weighted by atomic mass is 10.0. The van der Waals surface area contributed by atoms with Crippen molar-refractivity contribution in [2.75, 3.05) is 5.88 Å². The molecule has 0 fully saturated rings. The van der Waals surface area contributed by atoms with Crippen LogP contribution in [0.1, 0.15) is 24.5 Å². The quantitative estimate of drug-likeness (QED) is 0.678. The van der Waals surface area contributed by atoms with Crippen molar-refractivity contribution in [1.82, 2.24) is 0 Å². The van der Waals surface area contributed by atoms with Gasteiger partial charge in [0, 0.05) is 5.88 Å². The molecule has 0 nitrogen and oxygen atoms in total. The SMILES string of the molecule is CCC(=Cc1ccccc1C(F)(F)F)CCl. The van der Waals surface area contributed by atoms with Gasteiger partial charge in [-0.2, -0.15) is 13.2 Å². The average Bonchev–Trinajstić information content (AvgIpc) is 2.25. The van der Waals surface area contributed by atoms with Crippen LogP contribution in [0, 0.1) is 0 Å². The summed E-state index contributed by atoms with van der Waals surface area (Å²) in [7, 11) is 0. The molecule has 0 aliphatic carbocycles. The smallest absolute Gasteiger partial charge is 0.166 e. The van der Waals surface area contributed by atoms with Crippen molar-refractivity contribution < 1.29 is 13.2 Å². The molecule has 0 saturated heterocycles. The summed E-state index contributed by atoms with van der Waals surface area (Å²) in [6, 6.07) is 5.49. The Bertz CT molecular complexity index is 374. The largest absolute Gasteiger partial charge is 0.416 e. The van der Waals surface area contributed by atoms with Gasteiger partial charge >= 0.3 is 6.18 Å². The lowest BCUT2D eigenvalue weighted by Crippen LogP contribution is -2.07. The second-order valence-electron chi connectivity index (χ2n) is 3.37. The van der Waals surface area contributed by atoms with Gasteiger partial charge in [0.05, 0.1) is 5.56 Å². The predicted molar refractivity (Wildman–Crippen MR) is 60.4 cm³/mol. The van der Waals surface area contributed by atoms with Crippen LogP contribution >= 0.6 is 11.6 Å². The molecule has 0 spiro atoms. The third kappa shape index (κ3) is 3.27. The van der Waals surface area contributed by atoms with Gasteiger partial charge in [0.25, 0.3) is 0 Å². The minimum Gasteiger partial charge on any atom is -0.166 e. The lowest BCUT2D eigenvalue weighted by molar-refractivity contribution is -0.137. The van der Waals surface area contributed by atoms with Gasteiger partial charge in [-0.15, -0.1) is 11.6 Å². The van der Waals surface area contributed by atoms with Crippen molar-refractivity contribution in [3.05, 3.63) is 41.0 Å². The van der Waals surface area contributed by atoms with Crippen LogP contribution in [0.15, 0.2) is 29.8 Å². The van der Waals surface area contributed by atoms with E-state index in [-0.39, 0.29) is 11.4 Å². The molecule has 16 heavy (non-hydrogen) atoms. The number of rotatable bonds is 3. The molecule has 1 rings (SSSR count). The highest BCUT2D eigenvalue weighted by Gasteiger charge is 2.32. The highest BCUT2D eigenvalue weighted by molar-refractivity contribution is 6.19. The van der Waals surface area contributed by atoms with Crippen LogP contribution < -0.4 is 0 Å². The fourth-order valence-corrected chi connectivity index (χ4v) is 1.60. The predicted octanol–water partition coefficient (Wildman–Crippen LogP) is 4.74. The molecule has 88 valence electrons. The minimum atomic E-state index is -4.32. The van der Waals surface area contributed by atoms with Gasteiger partial charge in [0.15, 0.2) is 0 Å². The third-order valence-corrected chi connectivity index (χ3v) is 2.59. The minimum absolute atomic E-state index is 0.174. The molecule has 0 amide bonds. The summed E-state index contributed by atoms with van der Waals surface area (Å²) in [6.07, 6.45) is -2.16. The van der Waals surface area contributed by atoms with E-state index in [1.54, 1.807) is 6.07 Å². The van der Waals surface area contributed by atoms with Crippen molar-refractivity contribution in [3.8, 4) is 0 Å². The molecule has 0 aromatic heterocycles. The third-order valence-electron chi connectivity index (χ3n) is 2.25. The number of hydrogen-bond acceptors (Lipinski definition) is 0. The summed E-state index contributed by atoms with van der Waals surface area (Å²) < 4.78 is 37.9. The number of alkyl halides is 4. The molecule has 1 aromatic rings. The van der Waals surface area contributed by atoms with Gasteiger partial charge in [0.1, 0.15) is 0 Å². The fourth-order valence-electron chi connectivity index (χ4n) is 1.34. The Labute approximate surface area is 97.7 Å². The molecule has 1 aromatic carbocycles. The van der Waals surface area contributed by atoms with Gasteiger partial charge in [0.2, 0.25) is 0 Å². The van der Waals surface area contributed by atoms with Crippen molar-refractivity contribution in [1.29, 1.82) is 0 Å². The Morgan fingerprint density at radius 3 is 2.44 bits per heavy atom. The molecular formula is C12H12ClF3. The van der Waals surface area contributed by atoms with Crippen LogP contribution in [0.2, 0.25) is 0 Å². The Kier molecular flexibility index (Phi) is 4.42. The van der Waals surface area contributed by atoms with Gasteiger partial charge in [-0.25, -0.2) is 0 Å². The van der Waals surface area contributed by atoms with Crippen molar-refractivity contribution >= 4 is 17.7 Å². The highest BCUT2D eigenvalue weighted by atomic mass is 35.5. The van der Waals surface area contributed by atoms with Crippen LogP contribution in [0.3, 0.4) is 0 Å². The Morgan fingerprint density at radius 1 is 1.31 bits per heavy atom. The first-order chi connectivity index (χ1) is 7.49. The molecule has 0 aliphatic heterocycles. The Balaban J connectivity index is 3.19. The topological polar surface area (TPSA) is 0 Å². The van der Waals surface area contributed by atoms with Crippen molar-refractivity contribution in [3.63, 3.8) is 0 Å². The molecule has 0 saturated carbocycles. The molecule has 0 N–H and O–H groups in total. The zero-order chi connectivity index (χ0) is 12.2. The molecule has 0 bridgehead atoms. The molecule has 0 radical (unpaired) electrons. The summed E-state index contributed by atoms with van der Waals surface area (Å²) in [5.74, 6) is 0.253. The normalized spacial score (nSPS) is 12.9. The maximum Gasteiger partial charge on any atom is 0.416 e.